The van der Waals surface area contributed by atoms with E-state index in [-0.39, 0.29) is 0 Å². The molecule has 1 aromatic carbocycles. The SMILES string of the molecule is CCC1=CC(c2ccc(Cl)cc2)N(C)N1C. The lowest BCUT2D eigenvalue weighted by atomic mass is 10.1. The smallest absolute Gasteiger partial charge is 0.0740 e. The van der Waals surface area contributed by atoms with Crippen LogP contribution in [0.1, 0.15) is 24.9 Å². The van der Waals surface area contributed by atoms with E-state index in [0.29, 0.717) is 6.04 Å². The Balaban J connectivity index is 2.28. The van der Waals surface area contributed by atoms with Gasteiger partial charge in [-0.15, -0.1) is 0 Å². The van der Waals surface area contributed by atoms with Crippen molar-refractivity contribution in [1.82, 2.24) is 10.0 Å². The standard InChI is InChI=1S/C13H17ClN2/c1-4-12-9-13(16(3)15(12)2)10-5-7-11(14)8-6-10/h5-9,13H,4H2,1-3H3. The van der Waals surface area contributed by atoms with Gasteiger partial charge in [-0.3, -0.25) is 0 Å². The molecule has 1 heterocycles. The molecule has 0 N–H and O–H groups in total. The van der Waals surface area contributed by atoms with Gasteiger partial charge in [0.25, 0.3) is 0 Å². The summed E-state index contributed by atoms with van der Waals surface area (Å²) in [4.78, 5) is 0. The molecule has 0 saturated heterocycles. The highest BCUT2D eigenvalue weighted by atomic mass is 35.5. The van der Waals surface area contributed by atoms with Crippen LogP contribution in [0.15, 0.2) is 36.0 Å². The molecule has 1 aliphatic heterocycles. The molecule has 0 saturated carbocycles. The summed E-state index contributed by atoms with van der Waals surface area (Å²) in [5, 5.41) is 5.24. The van der Waals surface area contributed by atoms with Crippen molar-refractivity contribution < 1.29 is 0 Å². The molecule has 1 unspecified atom stereocenters. The van der Waals surface area contributed by atoms with Gasteiger partial charge in [0.2, 0.25) is 0 Å². The Labute approximate surface area is 102 Å². The van der Waals surface area contributed by atoms with Crippen LogP contribution < -0.4 is 0 Å². The highest BCUT2D eigenvalue weighted by molar-refractivity contribution is 6.30. The summed E-state index contributed by atoms with van der Waals surface area (Å²) < 4.78 is 0. The average molecular weight is 237 g/mol. The molecule has 0 radical (unpaired) electrons. The minimum absolute atomic E-state index is 0.331. The van der Waals surface area contributed by atoms with Crippen molar-refractivity contribution >= 4 is 11.6 Å². The quantitative estimate of drug-likeness (QED) is 0.776. The van der Waals surface area contributed by atoms with Gasteiger partial charge in [-0.1, -0.05) is 30.7 Å². The van der Waals surface area contributed by atoms with Crippen LogP contribution in [0.4, 0.5) is 0 Å². The third kappa shape index (κ3) is 1.95. The number of hydrogen-bond donors (Lipinski definition) is 0. The highest BCUT2D eigenvalue weighted by Gasteiger charge is 2.26. The van der Waals surface area contributed by atoms with Crippen LogP contribution >= 0.6 is 11.6 Å². The van der Waals surface area contributed by atoms with E-state index in [1.165, 1.54) is 11.3 Å². The maximum absolute atomic E-state index is 5.90. The van der Waals surface area contributed by atoms with Crippen molar-refractivity contribution in [2.75, 3.05) is 14.1 Å². The summed E-state index contributed by atoms with van der Waals surface area (Å²) >= 11 is 5.90. The Morgan fingerprint density at radius 2 is 1.81 bits per heavy atom. The average Bonchev–Trinajstić information content (AvgIpc) is 2.57. The normalized spacial score (nSPS) is 21.4. The monoisotopic (exact) mass is 236 g/mol. The number of halogens is 1. The van der Waals surface area contributed by atoms with Crippen molar-refractivity contribution in [2.45, 2.75) is 19.4 Å². The van der Waals surface area contributed by atoms with E-state index < -0.39 is 0 Å². The van der Waals surface area contributed by atoms with Gasteiger partial charge in [-0.25, -0.2) is 5.01 Å². The number of benzene rings is 1. The van der Waals surface area contributed by atoms with Gasteiger partial charge >= 0.3 is 0 Å². The number of allylic oxidation sites excluding steroid dienone is 1. The maximum atomic E-state index is 5.90. The summed E-state index contributed by atoms with van der Waals surface area (Å²) in [5.74, 6) is 0. The van der Waals surface area contributed by atoms with Gasteiger partial charge in [0.05, 0.1) is 6.04 Å². The number of rotatable bonds is 2. The molecule has 1 aliphatic rings. The first-order chi connectivity index (χ1) is 7.63. The van der Waals surface area contributed by atoms with Gasteiger partial charge in [-0.05, 0) is 30.2 Å². The predicted octanol–water partition coefficient (Wildman–Crippen LogP) is 3.47. The van der Waals surface area contributed by atoms with Gasteiger partial charge in [-0.2, -0.15) is 0 Å². The first-order valence-corrected chi connectivity index (χ1v) is 5.94. The summed E-state index contributed by atoms with van der Waals surface area (Å²) in [6, 6.07) is 8.40. The second-order valence-corrected chi connectivity index (χ2v) is 4.54. The molecule has 0 amide bonds. The molecule has 16 heavy (non-hydrogen) atoms. The van der Waals surface area contributed by atoms with Gasteiger partial charge in [0.15, 0.2) is 0 Å². The second kappa shape index (κ2) is 4.48. The maximum Gasteiger partial charge on any atom is 0.0740 e. The van der Waals surface area contributed by atoms with Crippen LogP contribution in [0.3, 0.4) is 0 Å². The second-order valence-electron chi connectivity index (χ2n) is 4.11. The Morgan fingerprint density at radius 3 is 2.31 bits per heavy atom. The Bertz CT molecular complexity index is 397. The molecule has 1 aromatic rings. The zero-order valence-corrected chi connectivity index (χ0v) is 10.7. The lowest BCUT2D eigenvalue weighted by Crippen LogP contribution is -2.32. The summed E-state index contributed by atoms with van der Waals surface area (Å²) in [7, 11) is 4.21. The molecular weight excluding hydrogens is 220 g/mol. The molecule has 1 atom stereocenters. The molecule has 0 aliphatic carbocycles. The zero-order valence-electron chi connectivity index (χ0n) is 9.94. The molecule has 2 rings (SSSR count). The van der Waals surface area contributed by atoms with E-state index in [2.05, 4.69) is 49.2 Å². The van der Waals surface area contributed by atoms with E-state index in [1.54, 1.807) is 0 Å². The number of hydrogen-bond acceptors (Lipinski definition) is 2. The lowest BCUT2D eigenvalue weighted by Gasteiger charge is -2.29. The molecular formula is C13H17ClN2. The van der Waals surface area contributed by atoms with Crippen LogP contribution in [0.5, 0.6) is 0 Å². The Hall–Kier alpha value is -0.990. The van der Waals surface area contributed by atoms with Crippen LogP contribution in [0, 0.1) is 0 Å². The first-order valence-electron chi connectivity index (χ1n) is 5.56. The van der Waals surface area contributed by atoms with Crippen molar-refractivity contribution in [3.05, 3.63) is 46.6 Å². The van der Waals surface area contributed by atoms with Gasteiger partial charge < -0.3 is 5.01 Å². The van der Waals surface area contributed by atoms with E-state index in [0.717, 1.165) is 11.4 Å². The minimum atomic E-state index is 0.331. The Morgan fingerprint density at radius 1 is 1.19 bits per heavy atom. The molecule has 86 valence electrons. The number of likely N-dealkylation sites (N-methyl/N-ethyl adjacent to an activating group) is 1. The molecule has 0 fully saturated rings. The highest BCUT2D eigenvalue weighted by Crippen LogP contribution is 2.32. The first kappa shape index (κ1) is 11.5. The van der Waals surface area contributed by atoms with Crippen LogP contribution in [-0.2, 0) is 0 Å². The van der Waals surface area contributed by atoms with Gasteiger partial charge in [0.1, 0.15) is 0 Å². The van der Waals surface area contributed by atoms with E-state index in [1.807, 2.05) is 12.1 Å². The minimum Gasteiger partial charge on any atom is -0.313 e. The fourth-order valence-corrected chi connectivity index (χ4v) is 2.23. The van der Waals surface area contributed by atoms with Crippen LogP contribution in [0.2, 0.25) is 5.02 Å². The van der Waals surface area contributed by atoms with Crippen molar-refractivity contribution in [2.24, 2.45) is 0 Å². The van der Waals surface area contributed by atoms with Gasteiger partial charge in [0, 0.05) is 24.8 Å². The van der Waals surface area contributed by atoms with Crippen molar-refractivity contribution in [3.63, 3.8) is 0 Å². The molecule has 2 nitrogen and oxygen atoms in total. The van der Waals surface area contributed by atoms with Crippen molar-refractivity contribution in [1.29, 1.82) is 0 Å². The molecule has 0 aromatic heterocycles. The van der Waals surface area contributed by atoms with E-state index >= 15 is 0 Å². The fourth-order valence-electron chi connectivity index (χ4n) is 2.11. The molecule has 0 bridgehead atoms. The largest absolute Gasteiger partial charge is 0.313 e. The predicted molar refractivity (Wildman–Crippen MR) is 68.1 cm³/mol. The van der Waals surface area contributed by atoms with Crippen LogP contribution in [0.25, 0.3) is 0 Å². The lowest BCUT2D eigenvalue weighted by molar-refractivity contribution is 0.0598. The summed E-state index contributed by atoms with van der Waals surface area (Å²) in [6.07, 6.45) is 3.37. The van der Waals surface area contributed by atoms with E-state index in [9.17, 15) is 0 Å². The number of nitrogens with zero attached hydrogens (tertiary/aromatic N) is 2. The summed E-state index contributed by atoms with van der Waals surface area (Å²) in [6.45, 7) is 2.18. The Kier molecular flexibility index (Phi) is 3.22. The fraction of sp³-hybridized carbons (Fsp3) is 0.385. The molecule has 3 heteroatoms. The van der Waals surface area contributed by atoms with Crippen LogP contribution in [-0.4, -0.2) is 24.1 Å². The number of hydrazine groups is 1. The third-order valence-electron chi connectivity index (χ3n) is 3.22. The van der Waals surface area contributed by atoms with E-state index in [4.69, 9.17) is 11.6 Å². The topological polar surface area (TPSA) is 6.48 Å². The van der Waals surface area contributed by atoms with Crippen molar-refractivity contribution in [3.8, 4) is 0 Å². The third-order valence-corrected chi connectivity index (χ3v) is 3.47. The zero-order chi connectivity index (χ0) is 11.7. The molecule has 0 spiro atoms. The summed E-state index contributed by atoms with van der Waals surface area (Å²) in [5.41, 5.74) is 2.64.